The van der Waals surface area contributed by atoms with Crippen molar-refractivity contribution in [3.05, 3.63) is 35.9 Å². The first-order valence-electron chi connectivity index (χ1n) is 11.7. The number of hydrogen-bond donors (Lipinski definition) is 1. The number of rotatable bonds is 12. The number of carbonyl (C=O) groups excluding carboxylic acids is 2. The molecule has 0 aromatic heterocycles. The van der Waals surface area contributed by atoms with Gasteiger partial charge in [0.1, 0.15) is 0 Å². The lowest BCUT2D eigenvalue weighted by Gasteiger charge is -2.39. The average Bonchev–Trinajstić information content (AvgIpc) is 2.75. The smallest absolute Gasteiger partial charge is 0.338 e. The summed E-state index contributed by atoms with van der Waals surface area (Å²) in [5, 5.41) is 9.94. The molecule has 1 aromatic rings. The van der Waals surface area contributed by atoms with Crippen molar-refractivity contribution in [2.75, 3.05) is 6.61 Å². The molecule has 7 heteroatoms. The fraction of sp³-hybridized carbons (Fsp3) is 0.680. The Morgan fingerprint density at radius 3 is 2.53 bits per heavy atom. The highest BCUT2D eigenvalue weighted by atomic mass is 16.7. The van der Waals surface area contributed by atoms with Gasteiger partial charge in [0.15, 0.2) is 12.4 Å². The van der Waals surface area contributed by atoms with Crippen LogP contribution in [0.2, 0.25) is 0 Å². The van der Waals surface area contributed by atoms with Gasteiger partial charge in [0, 0.05) is 0 Å². The second-order valence-electron chi connectivity index (χ2n) is 8.63. The molecule has 0 aliphatic carbocycles. The summed E-state index contributed by atoms with van der Waals surface area (Å²) in [6, 6.07) is 8.92. The Morgan fingerprint density at radius 2 is 1.84 bits per heavy atom. The SMILES string of the molecule is CCOC(=O)C[C@H](O)CCCC[C@H](C)O[C@@H]1OC(C)[C@H](C)CC1OC(=O)c1ccccc1. The zero-order valence-electron chi connectivity index (χ0n) is 19.7. The molecular weight excluding hydrogens is 412 g/mol. The summed E-state index contributed by atoms with van der Waals surface area (Å²) < 4.78 is 22.8. The van der Waals surface area contributed by atoms with Gasteiger partial charge in [0.25, 0.3) is 0 Å². The van der Waals surface area contributed by atoms with Crippen LogP contribution in [0.4, 0.5) is 0 Å². The summed E-state index contributed by atoms with van der Waals surface area (Å²) in [6.45, 7) is 8.12. The highest BCUT2D eigenvalue weighted by Crippen LogP contribution is 2.29. The lowest BCUT2D eigenvalue weighted by atomic mass is 9.95. The topological polar surface area (TPSA) is 91.3 Å². The molecule has 1 N–H and O–H groups in total. The number of carbonyl (C=O) groups is 2. The minimum atomic E-state index is -0.684. The Labute approximate surface area is 191 Å². The van der Waals surface area contributed by atoms with Crippen molar-refractivity contribution in [3.8, 4) is 0 Å². The zero-order valence-corrected chi connectivity index (χ0v) is 19.7. The van der Waals surface area contributed by atoms with E-state index in [0.29, 0.717) is 25.0 Å². The second-order valence-corrected chi connectivity index (χ2v) is 8.63. The fourth-order valence-electron chi connectivity index (χ4n) is 3.73. The third-order valence-corrected chi connectivity index (χ3v) is 5.80. The third kappa shape index (κ3) is 8.88. The summed E-state index contributed by atoms with van der Waals surface area (Å²) in [4.78, 5) is 23.9. The number of unbranched alkanes of at least 4 members (excludes halogenated alkanes) is 1. The molecule has 6 atom stereocenters. The van der Waals surface area contributed by atoms with Gasteiger partial charge in [-0.25, -0.2) is 4.79 Å². The van der Waals surface area contributed by atoms with Crippen LogP contribution in [-0.2, 0) is 23.7 Å². The monoisotopic (exact) mass is 450 g/mol. The Morgan fingerprint density at radius 1 is 1.16 bits per heavy atom. The molecule has 0 radical (unpaired) electrons. The molecule has 0 amide bonds. The van der Waals surface area contributed by atoms with E-state index in [1.807, 2.05) is 19.9 Å². The molecule has 0 bridgehead atoms. The van der Waals surface area contributed by atoms with E-state index in [-0.39, 0.29) is 36.5 Å². The van der Waals surface area contributed by atoms with Crippen molar-refractivity contribution in [1.82, 2.24) is 0 Å². The minimum absolute atomic E-state index is 0.0110. The maximum Gasteiger partial charge on any atom is 0.338 e. The molecule has 0 spiro atoms. The van der Waals surface area contributed by atoms with Gasteiger partial charge in [0.05, 0.1) is 36.9 Å². The quantitative estimate of drug-likeness (QED) is 0.376. The van der Waals surface area contributed by atoms with E-state index in [0.717, 1.165) is 19.3 Å². The normalized spacial score (nSPS) is 25.0. The molecule has 2 unspecified atom stereocenters. The van der Waals surface area contributed by atoms with Crippen molar-refractivity contribution >= 4 is 11.9 Å². The van der Waals surface area contributed by atoms with E-state index in [9.17, 15) is 14.7 Å². The molecule has 1 aliphatic heterocycles. The molecular formula is C25H38O7. The van der Waals surface area contributed by atoms with Crippen LogP contribution in [0.3, 0.4) is 0 Å². The van der Waals surface area contributed by atoms with E-state index in [2.05, 4.69) is 6.92 Å². The van der Waals surface area contributed by atoms with Crippen LogP contribution in [0.25, 0.3) is 0 Å². The Balaban J connectivity index is 1.79. The van der Waals surface area contributed by atoms with E-state index >= 15 is 0 Å². The maximum atomic E-state index is 12.5. The van der Waals surface area contributed by atoms with Crippen LogP contribution in [-0.4, -0.2) is 54.4 Å². The minimum Gasteiger partial charge on any atom is -0.466 e. The van der Waals surface area contributed by atoms with Crippen LogP contribution in [0.15, 0.2) is 30.3 Å². The van der Waals surface area contributed by atoms with Gasteiger partial charge >= 0.3 is 11.9 Å². The van der Waals surface area contributed by atoms with Gasteiger partial charge in [-0.2, -0.15) is 0 Å². The number of aliphatic hydroxyl groups is 1. The Bertz CT molecular complexity index is 693. The first-order valence-corrected chi connectivity index (χ1v) is 11.7. The lowest BCUT2D eigenvalue weighted by molar-refractivity contribution is -0.263. The van der Waals surface area contributed by atoms with E-state index in [1.165, 1.54) is 0 Å². The van der Waals surface area contributed by atoms with Gasteiger partial charge < -0.3 is 24.1 Å². The summed E-state index contributed by atoms with van der Waals surface area (Å²) >= 11 is 0. The summed E-state index contributed by atoms with van der Waals surface area (Å²) in [5.41, 5.74) is 0.506. The van der Waals surface area contributed by atoms with Crippen molar-refractivity contribution in [1.29, 1.82) is 0 Å². The molecule has 180 valence electrons. The molecule has 1 fully saturated rings. The van der Waals surface area contributed by atoms with Gasteiger partial charge in [-0.05, 0) is 58.1 Å². The van der Waals surface area contributed by atoms with E-state index in [4.69, 9.17) is 18.9 Å². The highest BCUT2D eigenvalue weighted by Gasteiger charge is 2.38. The van der Waals surface area contributed by atoms with Crippen LogP contribution >= 0.6 is 0 Å². The van der Waals surface area contributed by atoms with Crippen LogP contribution < -0.4 is 0 Å². The molecule has 1 aromatic carbocycles. The lowest BCUT2D eigenvalue weighted by Crippen LogP contribution is -2.47. The number of hydrogen-bond acceptors (Lipinski definition) is 7. The highest BCUT2D eigenvalue weighted by molar-refractivity contribution is 5.89. The van der Waals surface area contributed by atoms with Crippen molar-refractivity contribution < 1.29 is 33.6 Å². The second kappa shape index (κ2) is 13.6. The summed E-state index contributed by atoms with van der Waals surface area (Å²) in [6.07, 6.45) is 1.78. The number of benzene rings is 1. The first kappa shape index (κ1) is 26.3. The third-order valence-electron chi connectivity index (χ3n) is 5.80. The molecule has 2 rings (SSSR count). The standard InChI is InChI=1S/C25H38O7/c1-5-29-23(27)16-21(26)14-10-9-11-18(3)30-25-22(15-17(2)19(4)31-25)32-24(28)20-12-7-6-8-13-20/h6-8,12-13,17-19,21-22,25-26H,5,9-11,14-16H2,1-4H3/t17-,18+,19?,21-,22?,25-/m1/s1. The van der Waals surface area contributed by atoms with Crippen molar-refractivity contribution in [3.63, 3.8) is 0 Å². The van der Waals surface area contributed by atoms with Crippen molar-refractivity contribution in [2.45, 2.75) is 96.9 Å². The molecule has 32 heavy (non-hydrogen) atoms. The van der Waals surface area contributed by atoms with E-state index in [1.54, 1.807) is 31.2 Å². The largest absolute Gasteiger partial charge is 0.466 e. The van der Waals surface area contributed by atoms with Gasteiger partial charge in [-0.3, -0.25) is 4.79 Å². The number of esters is 2. The van der Waals surface area contributed by atoms with Gasteiger partial charge in [-0.1, -0.05) is 38.0 Å². The van der Waals surface area contributed by atoms with Crippen LogP contribution in [0.1, 0.15) is 76.6 Å². The summed E-state index contributed by atoms with van der Waals surface area (Å²) in [5.74, 6) is -0.497. The van der Waals surface area contributed by atoms with Crippen LogP contribution in [0, 0.1) is 5.92 Å². The predicted molar refractivity (Wildman–Crippen MR) is 120 cm³/mol. The zero-order chi connectivity index (χ0) is 23.5. The van der Waals surface area contributed by atoms with E-state index < -0.39 is 18.5 Å². The van der Waals surface area contributed by atoms with Crippen LogP contribution in [0.5, 0.6) is 0 Å². The first-order chi connectivity index (χ1) is 15.3. The average molecular weight is 451 g/mol. The number of ether oxygens (including phenoxy) is 4. The molecule has 0 saturated carbocycles. The summed E-state index contributed by atoms with van der Waals surface area (Å²) in [7, 11) is 0. The fourth-order valence-corrected chi connectivity index (χ4v) is 3.73. The van der Waals surface area contributed by atoms with Crippen molar-refractivity contribution in [2.24, 2.45) is 5.92 Å². The predicted octanol–water partition coefficient (Wildman–Crippen LogP) is 4.26. The Hall–Kier alpha value is -1.96. The molecule has 1 aliphatic rings. The maximum absolute atomic E-state index is 12.5. The molecule has 1 saturated heterocycles. The van der Waals surface area contributed by atoms with Gasteiger partial charge in [0.2, 0.25) is 0 Å². The van der Waals surface area contributed by atoms with Gasteiger partial charge in [-0.15, -0.1) is 0 Å². The molecule has 1 heterocycles. The molecule has 7 nitrogen and oxygen atoms in total. The number of aliphatic hydroxyl groups excluding tert-OH is 1. The Kier molecular flexibility index (Phi) is 11.1.